The quantitative estimate of drug-likeness (QED) is 0.641. The Morgan fingerprint density at radius 3 is 1.72 bits per heavy atom. The van der Waals surface area contributed by atoms with Crippen LogP contribution >= 0.6 is 0 Å². The number of hydrogen-bond acceptors (Lipinski definition) is 6. The lowest BCUT2D eigenvalue weighted by atomic mass is 10.2. The molecule has 25 heavy (non-hydrogen) atoms. The average molecular weight is 386 g/mol. The second-order valence-electron chi connectivity index (χ2n) is 6.35. The first-order valence-corrected chi connectivity index (χ1v) is 10.9. The number of sulfone groups is 2. The summed E-state index contributed by atoms with van der Waals surface area (Å²) in [4.78, 5) is 21.9. The molecule has 0 heterocycles. The molecular formula is C15H18N2O6S2. The minimum Gasteiger partial charge on any atom is -0.361 e. The fourth-order valence-corrected chi connectivity index (χ4v) is 6.04. The normalized spacial score (nSPS) is 17.9. The maximum atomic E-state index is 12.5. The smallest absolute Gasteiger partial charge is 0.309 e. The van der Waals surface area contributed by atoms with E-state index in [1.807, 2.05) is 0 Å². The first-order valence-electron chi connectivity index (χ1n) is 7.82. The van der Waals surface area contributed by atoms with Gasteiger partial charge in [-0.3, -0.25) is 9.59 Å². The van der Waals surface area contributed by atoms with Gasteiger partial charge in [0.2, 0.25) is 0 Å². The van der Waals surface area contributed by atoms with E-state index in [4.69, 9.17) is 5.73 Å². The first-order chi connectivity index (χ1) is 11.6. The molecule has 0 atom stereocenters. The molecule has 1 aromatic carbocycles. The fourth-order valence-electron chi connectivity index (χ4n) is 2.47. The maximum absolute atomic E-state index is 12.5. The zero-order valence-electron chi connectivity index (χ0n) is 13.3. The second kappa shape index (κ2) is 6.10. The summed E-state index contributed by atoms with van der Waals surface area (Å²) in [7, 11) is -7.20. The topological polar surface area (TPSA) is 140 Å². The van der Waals surface area contributed by atoms with Gasteiger partial charge in [0.1, 0.15) is 0 Å². The van der Waals surface area contributed by atoms with Crippen LogP contribution in [0.3, 0.4) is 0 Å². The Kier molecular flexibility index (Phi) is 4.36. The van der Waals surface area contributed by atoms with Crippen LogP contribution in [0.15, 0.2) is 28.0 Å². The average Bonchev–Trinajstić information content (AvgIpc) is 3.40. The van der Waals surface area contributed by atoms with Gasteiger partial charge in [-0.25, -0.2) is 16.8 Å². The Labute approximate surface area is 145 Å². The Hall–Kier alpha value is -1.94. The summed E-state index contributed by atoms with van der Waals surface area (Å²) in [6, 6.07) is 3.86. The van der Waals surface area contributed by atoms with Crippen LogP contribution in [0.5, 0.6) is 0 Å². The Balaban J connectivity index is 1.99. The second-order valence-corrected chi connectivity index (χ2v) is 10.8. The molecule has 0 bridgehead atoms. The molecule has 0 saturated heterocycles. The van der Waals surface area contributed by atoms with Gasteiger partial charge in [0.25, 0.3) is 0 Å². The molecule has 2 aliphatic carbocycles. The highest BCUT2D eigenvalue weighted by molar-refractivity contribution is 7.93. The van der Waals surface area contributed by atoms with Crippen LogP contribution < -0.4 is 11.1 Å². The summed E-state index contributed by atoms with van der Waals surface area (Å²) in [5.74, 6) is -2.20. The van der Waals surface area contributed by atoms with Gasteiger partial charge >= 0.3 is 11.8 Å². The molecule has 3 rings (SSSR count). The van der Waals surface area contributed by atoms with Gasteiger partial charge in [-0.1, -0.05) is 0 Å². The number of carbonyl (C=O) groups excluding carboxylic acids is 2. The van der Waals surface area contributed by atoms with Crippen LogP contribution in [0.4, 0.5) is 0 Å². The monoisotopic (exact) mass is 386 g/mol. The molecule has 0 radical (unpaired) electrons. The van der Waals surface area contributed by atoms with E-state index in [1.54, 1.807) is 0 Å². The van der Waals surface area contributed by atoms with Crippen molar-refractivity contribution in [1.29, 1.82) is 0 Å². The zero-order valence-corrected chi connectivity index (χ0v) is 14.9. The van der Waals surface area contributed by atoms with Crippen molar-refractivity contribution < 1.29 is 26.4 Å². The van der Waals surface area contributed by atoms with Gasteiger partial charge in [0, 0.05) is 6.54 Å². The van der Waals surface area contributed by atoms with Crippen molar-refractivity contribution in [3.05, 3.63) is 23.8 Å². The lowest BCUT2D eigenvalue weighted by Gasteiger charge is -2.11. The molecule has 10 heteroatoms. The van der Waals surface area contributed by atoms with Gasteiger partial charge in [-0.15, -0.1) is 0 Å². The van der Waals surface area contributed by atoms with Crippen LogP contribution in [-0.4, -0.2) is 39.1 Å². The number of nitrogens with one attached hydrogen (secondary N) is 1. The number of rotatable bonds is 6. The summed E-state index contributed by atoms with van der Waals surface area (Å²) in [5, 5.41) is 1.27. The highest BCUT2D eigenvalue weighted by Gasteiger charge is 2.40. The number of hydrogen-bond donors (Lipinski definition) is 2. The molecule has 0 aromatic heterocycles. The third kappa shape index (κ3) is 3.69. The van der Waals surface area contributed by atoms with E-state index < -0.39 is 42.0 Å². The lowest BCUT2D eigenvalue weighted by Crippen LogP contribution is -2.35. The van der Waals surface area contributed by atoms with Gasteiger partial charge < -0.3 is 11.1 Å². The van der Waals surface area contributed by atoms with E-state index in [0.29, 0.717) is 25.7 Å². The van der Waals surface area contributed by atoms with E-state index in [9.17, 15) is 26.4 Å². The Morgan fingerprint density at radius 2 is 1.36 bits per heavy atom. The highest BCUT2D eigenvalue weighted by atomic mass is 32.2. The van der Waals surface area contributed by atoms with E-state index >= 15 is 0 Å². The molecule has 2 saturated carbocycles. The standard InChI is InChI=1S/C15H18N2O6S2/c16-14(18)15(19)17-8-9-5-12(24(20,21)10-1-2-10)7-13(6-9)25(22,23)11-3-4-11/h5-7,10-11H,1-4,8H2,(H2,16,18)(H,17,19). The largest absolute Gasteiger partial charge is 0.361 e. The van der Waals surface area contributed by atoms with Crippen LogP contribution in [0.1, 0.15) is 31.2 Å². The highest BCUT2D eigenvalue weighted by Crippen LogP contribution is 2.37. The van der Waals surface area contributed by atoms with Gasteiger partial charge in [-0.2, -0.15) is 0 Å². The van der Waals surface area contributed by atoms with Crippen LogP contribution in [0, 0.1) is 0 Å². The number of nitrogens with two attached hydrogens (primary N) is 1. The van der Waals surface area contributed by atoms with Crippen LogP contribution in [0.25, 0.3) is 0 Å². The van der Waals surface area contributed by atoms with E-state index in [1.165, 1.54) is 18.2 Å². The lowest BCUT2D eigenvalue weighted by molar-refractivity contribution is -0.137. The van der Waals surface area contributed by atoms with Crippen molar-refractivity contribution in [2.45, 2.75) is 52.5 Å². The van der Waals surface area contributed by atoms with Crippen molar-refractivity contribution in [1.82, 2.24) is 5.32 Å². The summed E-state index contributed by atoms with van der Waals surface area (Å²) >= 11 is 0. The maximum Gasteiger partial charge on any atom is 0.309 e. The molecular weight excluding hydrogens is 368 g/mol. The summed E-state index contributed by atoms with van der Waals surface area (Å²) in [6.45, 7) is -0.191. The van der Waals surface area contributed by atoms with Crippen molar-refractivity contribution >= 4 is 31.5 Å². The van der Waals surface area contributed by atoms with E-state index in [0.717, 1.165) is 0 Å². The molecule has 2 aliphatic rings. The minimum atomic E-state index is -3.60. The van der Waals surface area contributed by atoms with Crippen molar-refractivity contribution in [2.24, 2.45) is 5.73 Å². The SMILES string of the molecule is NC(=O)C(=O)NCc1cc(S(=O)(=O)C2CC2)cc(S(=O)(=O)C2CC2)c1. The van der Waals surface area contributed by atoms with E-state index in [-0.39, 0.29) is 21.9 Å². The number of carbonyl (C=O) groups is 2. The molecule has 3 N–H and O–H groups in total. The summed E-state index contributed by atoms with van der Waals surface area (Å²) in [6.07, 6.45) is 2.21. The van der Waals surface area contributed by atoms with Gasteiger partial charge in [0.05, 0.1) is 20.3 Å². The third-order valence-electron chi connectivity index (χ3n) is 4.20. The van der Waals surface area contributed by atoms with Gasteiger partial charge in [-0.05, 0) is 49.4 Å². The third-order valence-corrected chi connectivity index (χ3v) is 8.68. The van der Waals surface area contributed by atoms with Crippen molar-refractivity contribution in [3.63, 3.8) is 0 Å². The molecule has 136 valence electrons. The summed E-state index contributed by atoms with van der Waals surface area (Å²) in [5.41, 5.74) is 5.14. The Morgan fingerprint density at radius 1 is 0.920 bits per heavy atom. The predicted molar refractivity (Wildman–Crippen MR) is 87.9 cm³/mol. The van der Waals surface area contributed by atoms with Crippen LogP contribution in [0.2, 0.25) is 0 Å². The number of benzene rings is 1. The molecule has 0 aliphatic heterocycles. The minimum absolute atomic E-state index is 0.0694. The molecule has 2 fully saturated rings. The predicted octanol–water partition coefficient (Wildman–Crippen LogP) is -0.340. The molecule has 1 aromatic rings. The number of amides is 2. The van der Waals surface area contributed by atoms with Crippen molar-refractivity contribution in [2.75, 3.05) is 0 Å². The van der Waals surface area contributed by atoms with Crippen molar-refractivity contribution in [3.8, 4) is 0 Å². The molecule has 0 spiro atoms. The molecule has 8 nitrogen and oxygen atoms in total. The first kappa shape index (κ1) is 17.9. The Bertz CT molecular complexity index is 884. The molecule has 2 amide bonds. The zero-order chi connectivity index (χ0) is 18.4. The van der Waals surface area contributed by atoms with E-state index in [2.05, 4.69) is 5.32 Å². The molecule has 0 unspecified atom stereocenters. The van der Waals surface area contributed by atoms with Gasteiger partial charge in [0.15, 0.2) is 19.7 Å². The fraction of sp³-hybridized carbons (Fsp3) is 0.467. The van der Waals surface area contributed by atoms with Crippen LogP contribution in [-0.2, 0) is 35.8 Å². The summed E-state index contributed by atoms with van der Waals surface area (Å²) < 4.78 is 50.0. The number of primary amides is 1.